The summed E-state index contributed by atoms with van der Waals surface area (Å²) in [5.41, 5.74) is 0.830. The second-order valence-electron chi connectivity index (χ2n) is 4.74. The van der Waals surface area contributed by atoms with E-state index in [1.165, 1.54) is 13.2 Å². The monoisotopic (exact) mass is 353 g/mol. The van der Waals surface area contributed by atoms with E-state index in [1.54, 1.807) is 6.07 Å². The predicted octanol–water partition coefficient (Wildman–Crippen LogP) is 4.66. The van der Waals surface area contributed by atoms with Gasteiger partial charge in [0.05, 0.1) is 30.0 Å². The van der Waals surface area contributed by atoms with E-state index in [4.69, 9.17) is 32.7 Å². The molecule has 0 radical (unpaired) electrons. The fourth-order valence-corrected chi connectivity index (χ4v) is 2.58. The molecule has 0 saturated heterocycles. The second kappa shape index (κ2) is 8.65. The van der Waals surface area contributed by atoms with Crippen LogP contribution < -0.4 is 10.1 Å². The van der Waals surface area contributed by atoms with Gasteiger partial charge in [-0.15, -0.1) is 0 Å². The van der Waals surface area contributed by atoms with Crippen molar-refractivity contribution in [3.63, 3.8) is 0 Å². The number of nitrogens with one attached hydrogen (secondary N) is 1. The standard InChI is InChI=1S/C17H17Cl2NO3/c1-22-17(21)14-10-12(18)11-15(19)16(14)20-8-5-9-23-13-6-3-2-4-7-13/h2-4,6-7,10-11,20H,5,8-9H2,1H3. The number of ether oxygens (including phenoxy) is 2. The normalized spacial score (nSPS) is 10.2. The van der Waals surface area contributed by atoms with Crippen molar-refractivity contribution in [1.82, 2.24) is 0 Å². The van der Waals surface area contributed by atoms with Crippen molar-refractivity contribution in [2.45, 2.75) is 6.42 Å². The van der Waals surface area contributed by atoms with Gasteiger partial charge in [0, 0.05) is 11.6 Å². The Hall–Kier alpha value is -1.91. The number of anilines is 1. The lowest BCUT2D eigenvalue weighted by Crippen LogP contribution is -2.12. The first-order valence-electron chi connectivity index (χ1n) is 7.11. The third-order valence-electron chi connectivity index (χ3n) is 3.10. The zero-order valence-electron chi connectivity index (χ0n) is 12.6. The van der Waals surface area contributed by atoms with E-state index in [0.29, 0.717) is 34.4 Å². The number of halogens is 2. The molecular weight excluding hydrogens is 337 g/mol. The molecule has 0 aliphatic rings. The van der Waals surface area contributed by atoms with Crippen LogP contribution in [-0.2, 0) is 4.74 Å². The summed E-state index contributed by atoms with van der Waals surface area (Å²) >= 11 is 12.1. The molecule has 0 heterocycles. The molecule has 6 heteroatoms. The van der Waals surface area contributed by atoms with Crippen molar-refractivity contribution in [2.75, 3.05) is 25.6 Å². The number of methoxy groups -OCH3 is 1. The molecule has 0 fully saturated rings. The van der Waals surface area contributed by atoms with E-state index in [2.05, 4.69) is 5.32 Å². The van der Waals surface area contributed by atoms with Gasteiger partial charge >= 0.3 is 5.97 Å². The number of para-hydroxylation sites is 1. The van der Waals surface area contributed by atoms with Crippen molar-refractivity contribution in [1.29, 1.82) is 0 Å². The maximum Gasteiger partial charge on any atom is 0.340 e. The lowest BCUT2D eigenvalue weighted by atomic mass is 10.1. The molecular formula is C17H17Cl2NO3. The van der Waals surface area contributed by atoms with E-state index in [0.717, 1.165) is 12.2 Å². The van der Waals surface area contributed by atoms with E-state index in [1.807, 2.05) is 30.3 Å². The van der Waals surface area contributed by atoms with Crippen LogP contribution in [0.4, 0.5) is 5.69 Å². The number of benzene rings is 2. The Morgan fingerprint density at radius 2 is 1.91 bits per heavy atom. The summed E-state index contributed by atoms with van der Waals surface area (Å²) < 4.78 is 10.4. The lowest BCUT2D eigenvalue weighted by Gasteiger charge is -2.13. The molecule has 0 unspecified atom stereocenters. The Labute approximate surface area is 145 Å². The third kappa shape index (κ3) is 5.05. The fraction of sp³-hybridized carbons (Fsp3) is 0.235. The Kier molecular flexibility index (Phi) is 6.56. The molecule has 0 bridgehead atoms. The molecule has 1 N–H and O–H groups in total. The largest absolute Gasteiger partial charge is 0.494 e. The summed E-state index contributed by atoms with van der Waals surface area (Å²) in [6.45, 7) is 1.15. The molecule has 0 aliphatic heterocycles. The molecule has 2 rings (SSSR count). The Morgan fingerprint density at radius 3 is 2.61 bits per heavy atom. The molecule has 2 aromatic rings. The summed E-state index contributed by atoms with van der Waals surface area (Å²) in [5.74, 6) is 0.338. The van der Waals surface area contributed by atoms with Gasteiger partial charge in [-0.1, -0.05) is 41.4 Å². The maximum atomic E-state index is 11.8. The van der Waals surface area contributed by atoms with Crippen molar-refractivity contribution >= 4 is 34.9 Å². The molecule has 122 valence electrons. The summed E-state index contributed by atoms with van der Waals surface area (Å²) in [4.78, 5) is 11.8. The van der Waals surface area contributed by atoms with Gasteiger partial charge in [-0.3, -0.25) is 0 Å². The first-order chi connectivity index (χ1) is 11.1. The number of esters is 1. The molecule has 0 spiro atoms. The summed E-state index contributed by atoms with van der Waals surface area (Å²) in [5, 5.41) is 3.90. The zero-order valence-corrected chi connectivity index (χ0v) is 14.2. The van der Waals surface area contributed by atoms with Crippen LogP contribution in [0.3, 0.4) is 0 Å². The summed E-state index contributed by atoms with van der Waals surface area (Å²) in [6, 6.07) is 12.7. The van der Waals surface area contributed by atoms with E-state index < -0.39 is 5.97 Å². The van der Waals surface area contributed by atoms with Crippen LogP contribution in [0.1, 0.15) is 16.8 Å². The van der Waals surface area contributed by atoms with E-state index in [9.17, 15) is 4.79 Å². The second-order valence-corrected chi connectivity index (χ2v) is 5.59. The van der Waals surface area contributed by atoms with Crippen LogP contribution in [0, 0.1) is 0 Å². The molecule has 0 saturated carbocycles. The fourth-order valence-electron chi connectivity index (χ4n) is 2.02. The molecule has 2 aromatic carbocycles. The van der Waals surface area contributed by atoms with Gasteiger partial charge < -0.3 is 14.8 Å². The molecule has 4 nitrogen and oxygen atoms in total. The van der Waals surface area contributed by atoms with Gasteiger partial charge in [0.2, 0.25) is 0 Å². The van der Waals surface area contributed by atoms with Crippen LogP contribution in [0.5, 0.6) is 5.75 Å². The van der Waals surface area contributed by atoms with Crippen LogP contribution in [0.25, 0.3) is 0 Å². The minimum absolute atomic E-state index is 0.314. The Bertz CT molecular complexity index is 662. The van der Waals surface area contributed by atoms with Crippen molar-refractivity contribution in [3.05, 3.63) is 58.1 Å². The van der Waals surface area contributed by atoms with Gasteiger partial charge in [-0.2, -0.15) is 0 Å². The minimum atomic E-state index is -0.488. The van der Waals surface area contributed by atoms with Gasteiger partial charge in [0.1, 0.15) is 5.75 Å². The average Bonchev–Trinajstić information content (AvgIpc) is 2.56. The predicted molar refractivity (Wildman–Crippen MR) is 92.8 cm³/mol. The Morgan fingerprint density at radius 1 is 1.17 bits per heavy atom. The zero-order chi connectivity index (χ0) is 16.7. The molecule has 0 aromatic heterocycles. The third-order valence-corrected chi connectivity index (χ3v) is 3.61. The summed E-state index contributed by atoms with van der Waals surface area (Å²) in [6.07, 6.45) is 0.745. The number of carbonyl (C=O) groups is 1. The average molecular weight is 354 g/mol. The van der Waals surface area contributed by atoms with Crippen molar-refractivity contribution in [3.8, 4) is 5.75 Å². The summed E-state index contributed by atoms with van der Waals surface area (Å²) in [7, 11) is 1.31. The first-order valence-corrected chi connectivity index (χ1v) is 7.86. The van der Waals surface area contributed by atoms with Gasteiger partial charge in [-0.25, -0.2) is 4.79 Å². The lowest BCUT2D eigenvalue weighted by molar-refractivity contribution is 0.0602. The molecule has 23 heavy (non-hydrogen) atoms. The van der Waals surface area contributed by atoms with E-state index >= 15 is 0 Å². The van der Waals surface area contributed by atoms with E-state index in [-0.39, 0.29) is 0 Å². The maximum absolute atomic E-state index is 11.8. The van der Waals surface area contributed by atoms with Crippen molar-refractivity contribution < 1.29 is 14.3 Å². The highest BCUT2D eigenvalue weighted by atomic mass is 35.5. The highest BCUT2D eigenvalue weighted by Gasteiger charge is 2.16. The molecule has 0 amide bonds. The van der Waals surface area contributed by atoms with Gasteiger partial charge in [-0.05, 0) is 30.7 Å². The first kappa shape index (κ1) is 17.4. The number of hydrogen-bond donors (Lipinski definition) is 1. The number of carbonyl (C=O) groups excluding carboxylic acids is 1. The minimum Gasteiger partial charge on any atom is -0.494 e. The van der Waals surface area contributed by atoms with Crippen LogP contribution in [0.2, 0.25) is 10.0 Å². The topological polar surface area (TPSA) is 47.6 Å². The molecule has 0 aliphatic carbocycles. The Balaban J connectivity index is 1.91. The van der Waals surface area contributed by atoms with Crippen LogP contribution in [0.15, 0.2) is 42.5 Å². The SMILES string of the molecule is COC(=O)c1cc(Cl)cc(Cl)c1NCCCOc1ccccc1. The number of hydrogen-bond acceptors (Lipinski definition) is 4. The van der Waals surface area contributed by atoms with Crippen molar-refractivity contribution in [2.24, 2.45) is 0 Å². The number of rotatable bonds is 7. The highest BCUT2D eigenvalue weighted by molar-refractivity contribution is 6.37. The highest BCUT2D eigenvalue weighted by Crippen LogP contribution is 2.30. The smallest absolute Gasteiger partial charge is 0.340 e. The quantitative estimate of drug-likeness (QED) is 0.580. The van der Waals surface area contributed by atoms with Crippen LogP contribution in [-0.4, -0.2) is 26.2 Å². The van der Waals surface area contributed by atoms with Gasteiger partial charge in [0.25, 0.3) is 0 Å². The van der Waals surface area contributed by atoms with Crippen LogP contribution >= 0.6 is 23.2 Å². The molecule has 0 atom stereocenters. The van der Waals surface area contributed by atoms with Gasteiger partial charge in [0.15, 0.2) is 0 Å².